The van der Waals surface area contributed by atoms with E-state index in [1.54, 1.807) is 0 Å². The molecule has 2 rings (SSSR count). The van der Waals surface area contributed by atoms with Crippen molar-refractivity contribution in [1.29, 1.82) is 0 Å². The highest BCUT2D eigenvalue weighted by Crippen LogP contribution is 2.37. The van der Waals surface area contributed by atoms with Crippen molar-refractivity contribution in [2.75, 3.05) is 13.2 Å². The van der Waals surface area contributed by atoms with Gasteiger partial charge in [-0.25, -0.2) is 0 Å². The highest BCUT2D eigenvalue weighted by molar-refractivity contribution is 5.41. The molecule has 0 fully saturated rings. The molecule has 1 aliphatic carbocycles. The Morgan fingerprint density at radius 2 is 2.18 bits per heavy atom. The highest BCUT2D eigenvalue weighted by Gasteiger charge is 2.28. The van der Waals surface area contributed by atoms with Gasteiger partial charge in [0.1, 0.15) is 5.75 Å². The second-order valence-corrected chi connectivity index (χ2v) is 4.91. The Balaban J connectivity index is 2.19. The van der Waals surface area contributed by atoms with Crippen LogP contribution in [0.25, 0.3) is 0 Å². The zero-order valence-electron chi connectivity index (χ0n) is 11.1. The van der Waals surface area contributed by atoms with Gasteiger partial charge < -0.3 is 10.1 Å². The molecule has 2 nitrogen and oxygen atoms in total. The number of benzene rings is 1. The molecule has 0 amide bonds. The van der Waals surface area contributed by atoms with Gasteiger partial charge in [-0.05, 0) is 55.5 Å². The van der Waals surface area contributed by atoms with Gasteiger partial charge in [-0.3, -0.25) is 0 Å². The second-order valence-electron chi connectivity index (χ2n) is 4.91. The molecule has 0 bridgehead atoms. The van der Waals surface area contributed by atoms with Gasteiger partial charge in [0.25, 0.3) is 0 Å². The van der Waals surface area contributed by atoms with Crippen LogP contribution in [0.2, 0.25) is 0 Å². The Bertz CT molecular complexity index is 375. The summed E-state index contributed by atoms with van der Waals surface area (Å²) >= 11 is 0. The van der Waals surface area contributed by atoms with Crippen molar-refractivity contribution in [3.05, 3.63) is 29.3 Å². The number of ether oxygens (including phenoxy) is 1. The molecule has 1 aliphatic rings. The van der Waals surface area contributed by atoms with Crippen LogP contribution in [0.1, 0.15) is 44.4 Å². The lowest BCUT2D eigenvalue weighted by molar-refractivity contribution is 0.339. The van der Waals surface area contributed by atoms with Crippen molar-refractivity contribution in [2.45, 2.75) is 39.7 Å². The molecule has 0 saturated heterocycles. The first-order valence-electron chi connectivity index (χ1n) is 6.75. The zero-order chi connectivity index (χ0) is 12.3. The van der Waals surface area contributed by atoms with E-state index in [1.165, 1.54) is 24.0 Å². The monoisotopic (exact) mass is 233 g/mol. The average molecular weight is 233 g/mol. The van der Waals surface area contributed by atoms with Gasteiger partial charge in [-0.1, -0.05) is 19.9 Å². The van der Waals surface area contributed by atoms with E-state index in [4.69, 9.17) is 4.74 Å². The summed E-state index contributed by atoms with van der Waals surface area (Å²) in [4.78, 5) is 0. The fraction of sp³-hybridized carbons (Fsp3) is 0.600. The lowest BCUT2D eigenvalue weighted by Crippen LogP contribution is -2.24. The zero-order valence-corrected chi connectivity index (χ0v) is 11.1. The predicted octanol–water partition coefficient (Wildman–Crippen LogP) is 3.32. The summed E-state index contributed by atoms with van der Waals surface area (Å²) in [7, 11) is 0. The van der Waals surface area contributed by atoms with Crippen molar-refractivity contribution in [2.24, 2.45) is 5.92 Å². The maximum atomic E-state index is 5.59. The van der Waals surface area contributed by atoms with Gasteiger partial charge in [-0.15, -0.1) is 0 Å². The summed E-state index contributed by atoms with van der Waals surface area (Å²) in [5.41, 5.74) is 2.92. The largest absolute Gasteiger partial charge is 0.494 e. The Kier molecular flexibility index (Phi) is 4.06. The van der Waals surface area contributed by atoms with Crippen LogP contribution in [-0.4, -0.2) is 13.2 Å². The van der Waals surface area contributed by atoms with E-state index >= 15 is 0 Å². The molecule has 1 aromatic rings. The Labute approximate surface area is 104 Å². The van der Waals surface area contributed by atoms with E-state index in [0.717, 1.165) is 18.9 Å². The summed E-state index contributed by atoms with van der Waals surface area (Å²) in [6.07, 6.45) is 2.37. The van der Waals surface area contributed by atoms with E-state index in [2.05, 4.69) is 37.4 Å². The highest BCUT2D eigenvalue weighted by atomic mass is 16.5. The fourth-order valence-corrected chi connectivity index (χ4v) is 2.69. The van der Waals surface area contributed by atoms with E-state index < -0.39 is 0 Å². The molecule has 1 N–H and O–H groups in total. The molecule has 0 radical (unpaired) electrons. The summed E-state index contributed by atoms with van der Waals surface area (Å²) in [5, 5.41) is 3.65. The van der Waals surface area contributed by atoms with Crippen LogP contribution in [-0.2, 0) is 6.42 Å². The van der Waals surface area contributed by atoms with Gasteiger partial charge >= 0.3 is 0 Å². The predicted molar refractivity (Wildman–Crippen MR) is 71.5 cm³/mol. The minimum absolute atomic E-state index is 0.505. The number of hydrogen-bond donors (Lipinski definition) is 1. The molecule has 94 valence electrons. The van der Waals surface area contributed by atoms with Gasteiger partial charge in [0, 0.05) is 6.04 Å². The van der Waals surface area contributed by atoms with Crippen LogP contribution in [0.15, 0.2) is 18.2 Å². The van der Waals surface area contributed by atoms with Crippen molar-refractivity contribution in [3.63, 3.8) is 0 Å². The van der Waals surface area contributed by atoms with E-state index in [9.17, 15) is 0 Å². The second kappa shape index (κ2) is 5.54. The third-order valence-corrected chi connectivity index (χ3v) is 3.49. The number of nitrogens with one attached hydrogen (secondary N) is 1. The minimum atomic E-state index is 0.505. The summed E-state index contributed by atoms with van der Waals surface area (Å²) in [6, 6.07) is 7.04. The Hall–Kier alpha value is -1.02. The number of hydrogen-bond acceptors (Lipinski definition) is 2. The number of rotatable bonds is 5. The first-order valence-corrected chi connectivity index (χ1v) is 6.75. The maximum absolute atomic E-state index is 5.59. The van der Waals surface area contributed by atoms with Crippen molar-refractivity contribution < 1.29 is 4.74 Å². The van der Waals surface area contributed by atoms with Crippen LogP contribution in [0.4, 0.5) is 0 Å². The van der Waals surface area contributed by atoms with Crippen LogP contribution < -0.4 is 10.1 Å². The molecular formula is C15H23NO. The van der Waals surface area contributed by atoms with Gasteiger partial charge in [0.15, 0.2) is 0 Å². The average Bonchev–Trinajstić information content (AvgIpc) is 2.63. The van der Waals surface area contributed by atoms with Gasteiger partial charge in [0.2, 0.25) is 0 Å². The number of fused-ring (bicyclic) bond motifs is 1. The molecule has 0 aliphatic heterocycles. The molecule has 2 atom stereocenters. The van der Waals surface area contributed by atoms with Crippen molar-refractivity contribution >= 4 is 0 Å². The Morgan fingerprint density at radius 1 is 1.35 bits per heavy atom. The molecule has 2 unspecified atom stereocenters. The quantitative estimate of drug-likeness (QED) is 0.842. The molecule has 0 spiro atoms. The third kappa shape index (κ3) is 2.63. The van der Waals surface area contributed by atoms with E-state index in [1.807, 2.05) is 6.92 Å². The van der Waals surface area contributed by atoms with Gasteiger partial charge in [-0.2, -0.15) is 0 Å². The summed E-state index contributed by atoms with van der Waals surface area (Å²) in [5.74, 6) is 1.69. The normalized spacial score (nSPS) is 22.5. The lowest BCUT2D eigenvalue weighted by atomic mass is 10.0. The minimum Gasteiger partial charge on any atom is -0.494 e. The van der Waals surface area contributed by atoms with Crippen molar-refractivity contribution in [3.8, 4) is 5.75 Å². The van der Waals surface area contributed by atoms with Crippen molar-refractivity contribution in [1.82, 2.24) is 5.32 Å². The summed E-state index contributed by atoms with van der Waals surface area (Å²) < 4.78 is 5.59. The molecule has 17 heavy (non-hydrogen) atoms. The van der Waals surface area contributed by atoms with Crippen LogP contribution in [0, 0.1) is 5.92 Å². The van der Waals surface area contributed by atoms with E-state index in [-0.39, 0.29) is 0 Å². The molecule has 0 heterocycles. The lowest BCUT2D eigenvalue weighted by Gasteiger charge is -2.18. The van der Waals surface area contributed by atoms with E-state index in [0.29, 0.717) is 12.0 Å². The third-order valence-electron chi connectivity index (χ3n) is 3.49. The first kappa shape index (κ1) is 12.4. The molecule has 1 aromatic carbocycles. The first-order chi connectivity index (χ1) is 8.26. The maximum Gasteiger partial charge on any atom is 0.119 e. The molecule has 0 aromatic heterocycles. The topological polar surface area (TPSA) is 21.3 Å². The summed E-state index contributed by atoms with van der Waals surface area (Å²) in [6.45, 7) is 8.40. The fourth-order valence-electron chi connectivity index (χ4n) is 2.69. The van der Waals surface area contributed by atoms with Gasteiger partial charge in [0.05, 0.1) is 6.61 Å². The van der Waals surface area contributed by atoms with Crippen LogP contribution >= 0.6 is 0 Å². The molecule has 0 saturated carbocycles. The Morgan fingerprint density at radius 3 is 2.88 bits per heavy atom. The van der Waals surface area contributed by atoms with Crippen LogP contribution in [0.3, 0.4) is 0 Å². The molecular weight excluding hydrogens is 210 g/mol. The smallest absolute Gasteiger partial charge is 0.119 e. The SMILES string of the molecule is CCCNC1c2cc(OCC)ccc2CC1C. The molecule has 2 heteroatoms. The standard InChI is InChI=1S/C15H23NO/c1-4-8-16-15-11(3)9-12-6-7-13(17-5-2)10-14(12)15/h6-7,10-11,15-16H,4-5,8-9H2,1-3H3. The van der Waals surface area contributed by atoms with Crippen LogP contribution in [0.5, 0.6) is 5.75 Å².